The van der Waals surface area contributed by atoms with Gasteiger partial charge in [0, 0.05) is 17.6 Å². The zero-order valence-corrected chi connectivity index (χ0v) is 17.9. The van der Waals surface area contributed by atoms with E-state index in [9.17, 15) is 14.4 Å². The molecule has 160 valence electrons. The number of carbonyl (C=O) groups is 3. The number of aromatic nitrogens is 1. The first-order valence-corrected chi connectivity index (χ1v) is 10.3. The van der Waals surface area contributed by atoms with Crippen molar-refractivity contribution in [1.29, 1.82) is 0 Å². The Labute approximate surface area is 189 Å². The minimum absolute atomic E-state index is 0.0287. The van der Waals surface area contributed by atoms with Gasteiger partial charge in [-0.25, -0.2) is 4.79 Å². The van der Waals surface area contributed by atoms with Crippen LogP contribution >= 0.6 is 12.2 Å². The average Bonchev–Trinajstić information content (AvgIpc) is 3.25. The summed E-state index contributed by atoms with van der Waals surface area (Å²) >= 11 is 5.25. The molecule has 0 aliphatic carbocycles. The summed E-state index contributed by atoms with van der Waals surface area (Å²) in [6, 6.07) is 17.3. The largest absolute Gasteiger partial charge is 0.478 e. The van der Waals surface area contributed by atoms with Gasteiger partial charge in [0.05, 0.1) is 11.3 Å². The maximum absolute atomic E-state index is 13.2. The summed E-state index contributed by atoms with van der Waals surface area (Å²) in [6.07, 6.45) is 4.13. The lowest BCUT2D eigenvalue weighted by Gasteiger charge is -2.29. The molecule has 0 atom stereocenters. The molecule has 1 aliphatic rings. The molecule has 2 N–H and O–H groups in total. The van der Waals surface area contributed by atoms with Gasteiger partial charge in [0.1, 0.15) is 5.57 Å². The summed E-state index contributed by atoms with van der Waals surface area (Å²) in [5, 5.41) is 11.7. The van der Waals surface area contributed by atoms with E-state index in [0.29, 0.717) is 17.1 Å². The molecule has 7 nitrogen and oxygen atoms in total. The van der Waals surface area contributed by atoms with Gasteiger partial charge < -0.3 is 9.67 Å². The second-order valence-corrected chi connectivity index (χ2v) is 7.52. The number of aryl methyl sites for hydroxylation is 1. The predicted molar refractivity (Wildman–Crippen MR) is 125 cm³/mol. The number of carbonyl (C=O) groups excluding carboxylic acids is 2. The number of aromatic carboxylic acids is 1. The molecule has 0 spiro atoms. The molecular weight excluding hydrogens is 426 g/mol. The first-order chi connectivity index (χ1) is 15.4. The molecule has 0 radical (unpaired) electrons. The topological polar surface area (TPSA) is 91.6 Å². The van der Waals surface area contributed by atoms with Gasteiger partial charge in [0.15, 0.2) is 5.11 Å². The molecule has 8 heteroatoms. The molecular formula is C24H19N3O4S. The lowest BCUT2D eigenvalue weighted by Crippen LogP contribution is -2.54. The van der Waals surface area contributed by atoms with Gasteiger partial charge in [-0.3, -0.25) is 19.8 Å². The van der Waals surface area contributed by atoms with Crippen LogP contribution in [0.2, 0.25) is 0 Å². The van der Waals surface area contributed by atoms with E-state index in [4.69, 9.17) is 17.3 Å². The predicted octanol–water partition coefficient (Wildman–Crippen LogP) is 3.57. The van der Waals surface area contributed by atoms with Crippen LogP contribution in [-0.4, -0.2) is 32.6 Å². The third-order valence-electron chi connectivity index (χ3n) is 5.17. The molecule has 1 saturated heterocycles. The normalized spacial score (nSPS) is 15.2. The van der Waals surface area contributed by atoms with E-state index in [1.807, 2.05) is 19.1 Å². The van der Waals surface area contributed by atoms with E-state index in [0.717, 1.165) is 12.0 Å². The first kappa shape index (κ1) is 21.2. The van der Waals surface area contributed by atoms with Crippen LogP contribution in [0.4, 0.5) is 5.69 Å². The molecule has 0 saturated carbocycles. The van der Waals surface area contributed by atoms with E-state index in [1.54, 1.807) is 47.2 Å². The van der Waals surface area contributed by atoms with Crippen molar-refractivity contribution in [2.75, 3.05) is 4.90 Å². The number of hydrogen-bond acceptors (Lipinski definition) is 4. The molecule has 2 amide bonds. The van der Waals surface area contributed by atoms with Crippen LogP contribution in [0.1, 0.15) is 28.5 Å². The number of thiocarbonyl (C=S) groups is 1. The highest BCUT2D eigenvalue weighted by Crippen LogP contribution is 2.24. The zero-order valence-electron chi connectivity index (χ0n) is 17.1. The maximum atomic E-state index is 13.2. The Morgan fingerprint density at radius 1 is 1.03 bits per heavy atom. The summed E-state index contributed by atoms with van der Waals surface area (Å²) in [5.41, 5.74) is 3.08. The number of nitrogens with zero attached hydrogens (tertiary/aromatic N) is 2. The van der Waals surface area contributed by atoms with Crippen molar-refractivity contribution >= 4 is 46.9 Å². The lowest BCUT2D eigenvalue weighted by molar-refractivity contribution is -0.122. The van der Waals surface area contributed by atoms with Crippen LogP contribution in [0, 0.1) is 0 Å². The smallest absolute Gasteiger partial charge is 0.335 e. The van der Waals surface area contributed by atoms with Crippen LogP contribution < -0.4 is 10.2 Å². The van der Waals surface area contributed by atoms with Crippen molar-refractivity contribution < 1.29 is 19.5 Å². The van der Waals surface area contributed by atoms with E-state index in [2.05, 4.69) is 5.32 Å². The minimum Gasteiger partial charge on any atom is -0.478 e. The number of nitrogens with one attached hydrogen (secondary N) is 1. The molecule has 1 fully saturated rings. The quantitative estimate of drug-likeness (QED) is 0.356. The highest BCUT2D eigenvalue weighted by atomic mass is 32.1. The van der Waals surface area contributed by atoms with Crippen molar-refractivity contribution in [3.63, 3.8) is 0 Å². The maximum Gasteiger partial charge on any atom is 0.335 e. The van der Waals surface area contributed by atoms with E-state index in [-0.39, 0.29) is 16.2 Å². The second-order valence-electron chi connectivity index (χ2n) is 7.13. The number of benzene rings is 2. The van der Waals surface area contributed by atoms with Crippen LogP contribution in [-0.2, 0) is 16.0 Å². The van der Waals surface area contributed by atoms with Crippen molar-refractivity contribution in [3.05, 3.63) is 89.3 Å². The van der Waals surface area contributed by atoms with Gasteiger partial charge in [-0.1, -0.05) is 19.1 Å². The fourth-order valence-corrected chi connectivity index (χ4v) is 3.71. The molecule has 32 heavy (non-hydrogen) atoms. The summed E-state index contributed by atoms with van der Waals surface area (Å²) in [7, 11) is 0. The number of carboxylic acid groups (broad SMARTS) is 1. The summed E-state index contributed by atoms with van der Waals surface area (Å²) < 4.78 is 1.76. The van der Waals surface area contributed by atoms with Gasteiger partial charge >= 0.3 is 5.97 Å². The van der Waals surface area contributed by atoms with Gasteiger partial charge in [0.2, 0.25) is 0 Å². The van der Waals surface area contributed by atoms with Crippen LogP contribution in [0.3, 0.4) is 0 Å². The van der Waals surface area contributed by atoms with Gasteiger partial charge in [0.25, 0.3) is 11.8 Å². The molecule has 4 rings (SSSR count). The Bertz CT molecular complexity index is 1260. The number of carboxylic acids is 1. The fourth-order valence-electron chi connectivity index (χ4n) is 3.43. The summed E-state index contributed by atoms with van der Waals surface area (Å²) in [4.78, 5) is 38.2. The fraction of sp³-hybridized carbons (Fsp3) is 0.0833. The lowest BCUT2D eigenvalue weighted by atomic mass is 10.1. The van der Waals surface area contributed by atoms with Crippen LogP contribution in [0.15, 0.2) is 72.4 Å². The van der Waals surface area contributed by atoms with E-state index < -0.39 is 17.8 Å². The SMILES string of the molecule is CCc1ccc(N2C(=O)/C(=C/c3cccn3-c3ccc(C(=O)O)cc3)C(=O)NC2=S)cc1. The molecule has 2 aromatic carbocycles. The Kier molecular flexibility index (Phi) is 5.70. The van der Waals surface area contributed by atoms with Gasteiger partial charge in [-0.2, -0.15) is 0 Å². The molecule has 1 aromatic heterocycles. The van der Waals surface area contributed by atoms with Gasteiger partial charge in [-0.15, -0.1) is 0 Å². The monoisotopic (exact) mass is 445 g/mol. The molecule has 0 bridgehead atoms. The van der Waals surface area contributed by atoms with E-state index >= 15 is 0 Å². The van der Waals surface area contributed by atoms with Crippen molar-refractivity contribution in [3.8, 4) is 5.69 Å². The number of amides is 2. The molecule has 1 aliphatic heterocycles. The number of anilines is 1. The Hall–Kier alpha value is -4.04. The van der Waals surface area contributed by atoms with Crippen molar-refractivity contribution in [2.24, 2.45) is 0 Å². The first-order valence-electron chi connectivity index (χ1n) is 9.90. The van der Waals surface area contributed by atoms with E-state index in [1.165, 1.54) is 23.1 Å². The van der Waals surface area contributed by atoms with Crippen molar-refractivity contribution in [2.45, 2.75) is 13.3 Å². The number of hydrogen-bond donors (Lipinski definition) is 2. The highest BCUT2D eigenvalue weighted by Gasteiger charge is 2.34. The standard InChI is InChI=1S/C24H19N3O4S/c1-2-15-5-9-18(10-6-15)27-22(29)20(21(28)25-24(27)32)14-19-4-3-13-26(19)17-11-7-16(8-12-17)23(30)31/h3-14H,2H2,1H3,(H,30,31)(H,25,28,32)/b20-14+. The Balaban J connectivity index is 1.70. The molecule has 0 unspecified atom stereocenters. The molecule has 2 heterocycles. The zero-order chi connectivity index (χ0) is 22.8. The summed E-state index contributed by atoms with van der Waals surface area (Å²) in [5.74, 6) is -2.11. The minimum atomic E-state index is -1.01. The average molecular weight is 446 g/mol. The van der Waals surface area contributed by atoms with Crippen LogP contribution in [0.25, 0.3) is 11.8 Å². The number of rotatable bonds is 5. The van der Waals surface area contributed by atoms with Crippen LogP contribution in [0.5, 0.6) is 0 Å². The highest BCUT2D eigenvalue weighted by molar-refractivity contribution is 7.80. The second kappa shape index (κ2) is 8.60. The third kappa shape index (κ3) is 3.95. The third-order valence-corrected chi connectivity index (χ3v) is 5.45. The Morgan fingerprint density at radius 2 is 1.69 bits per heavy atom. The molecule has 3 aromatic rings. The van der Waals surface area contributed by atoms with Crippen molar-refractivity contribution in [1.82, 2.24) is 9.88 Å². The van der Waals surface area contributed by atoms with Gasteiger partial charge in [-0.05, 0) is 78.8 Å². The summed E-state index contributed by atoms with van der Waals surface area (Å²) in [6.45, 7) is 2.04. The Morgan fingerprint density at radius 3 is 2.31 bits per heavy atom.